The van der Waals surface area contributed by atoms with Crippen molar-refractivity contribution in [2.45, 2.75) is 6.42 Å². The molecule has 4 nitrogen and oxygen atoms in total. The molecule has 0 spiro atoms. The maximum atomic E-state index is 13.1. The molecule has 2 amide bonds. The van der Waals surface area contributed by atoms with Crippen LogP contribution in [0.4, 0.5) is 8.78 Å². The Bertz CT molecular complexity index is 421. The quantitative estimate of drug-likeness (QED) is 0.720. The lowest BCUT2D eigenvalue weighted by molar-refractivity contribution is -0.137. The fraction of sp³-hybridized carbons (Fsp3) is 0.200. The van der Waals surface area contributed by atoms with Gasteiger partial charge in [0.05, 0.1) is 0 Å². The first-order valence-corrected chi connectivity index (χ1v) is 4.52. The third-order valence-corrected chi connectivity index (χ3v) is 1.91. The van der Waals surface area contributed by atoms with Gasteiger partial charge in [-0.25, -0.2) is 8.78 Å². The van der Waals surface area contributed by atoms with Crippen molar-refractivity contribution >= 4 is 11.8 Å². The molecule has 86 valence electrons. The molecule has 0 aliphatic heterocycles. The van der Waals surface area contributed by atoms with E-state index in [0.717, 1.165) is 18.2 Å². The Labute approximate surface area is 90.4 Å². The van der Waals surface area contributed by atoms with Crippen LogP contribution < -0.4 is 11.1 Å². The van der Waals surface area contributed by atoms with E-state index in [9.17, 15) is 18.4 Å². The zero-order valence-electron chi connectivity index (χ0n) is 8.30. The molecule has 0 aromatic heterocycles. The maximum absolute atomic E-state index is 13.1. The van der Waals surface area contributed by atoms with Crippen LogP contribution in [0.5, 0.6) is 0 Å². The highest BCUT2D eigenvalue weighted by Gasteiger charge is 2.08. The first-order chi connectivity index (χ1) is 7.50. The molecule has 0 saturated carbocycles. The number of rotatable bonds is 3. The summed E-state index contributed by atoms with van der Waals surface area (Å²) in [6.07, 6.45) is 0.0859. The Morgan fingerprint density at radius 2 is 2.00 bits per heavy atom. The summed E-state index contributed by atoms with van der Waals surface area (Å²) in [6.45, 7) is 0.0160. The Hall–Kier alpha value is -1.98. The fourth-order valence-electron chi connectivity index (χ4n) is 1.13. The molecule has 0 atom stereocenters. The molecular formula is C10H10F2N2O2. The number of halogens is 2. The molecule has 0 radical (unpaired) electrons. The van der Waals surface area contributed by atoms with Crippen molar-refractivity contribution in [3.8, 4) is 0 Å². The van der Waals surface area contributed by atoms with Crippen molar-refractivity contribution in [1.82, 2.24) is 5.32 Å². The van der Waals surface area contributed by atoms with Crippen LogP contribution in [0.1, 0.15) is 5.56 Å². The Morgan fingerprint density at radius 3 is 2.62 bits per heavy atom. The predicted octanol–water partition coefficient (Wildman–Crippen LogP) is 0.109. The zero-order chi connectivity index (χ0) is 12.1. The van der Waals surface area contributed by atoms with Gasteiger partial charge in [-0.05, 0) is 30.2 Å². The topological polar surface area (TPSA) is 72.2 Å². The third-order valence-electron chi connectivity index (χ3n) is 1.91. The van der Waals surface area contributed by atoms with E-state index in [1.54, 1.807) is 0 Å². The van der Waals surface area contributed by atoms with Crippen molar-refractivity contribution < 1.29 is 18.4 Å². The molecule has 0 aliphatic carbocycles. The van der Waals surface area contributed by atoms with Gasteiger partial charge in [-0.2, -0.15) is 0 Å². The van der Waals surface area contributed by atoms with E-state index in [1.807, 2.05) is 0 Å². The standard InChI is InChI=1S/C10H10F2N2O2/c11-7-1-2-8(12)6(5-7)3-4-14-10(16)9(13)15/h1-2,5H,3-4H2,(H2,13,15)(H,14,16). The van der Waals surface area contributed by atoms with E-state index >= 15 is 0 Å². The lowest BCUT2D eigenvalue weighted by atomic mass is 10.1. The summed E-state index contributed by atoms with van der Waals surface area (Å²) in [7, 11) is 0. The van der Waals surface area contributed by atoms with Crippen LogP contribution in [0.3, 0.4) is 0 Å². The molecule has 1 aromatic rings. The van der Waals surface area contributed by atoms with E-state index in [1.165, 1.54) is 0 Å². The van der Waals surface area contributed by atoms with E-state index in [0.29, 0.717) is 0 Å². The third kappa shape index (κ3) is 3.30. The van der Waals surface area contributed by atoms with Crippen molar-refractivity contribution in [2.24, 2.45) is 5.73 Å². The van der Waals surface area contributed by atoms with Gasteiger partial charge in [0.2, 0.25) is 0 Å². The van der Waals surface area contributed by atoms with E-state index < -0.39 is 23.4 Å². The first kappa shape index (κ1) is 12.1. The molecule has 0 aliphatic rings. The number of benzene rings is 1. The second-order valence-corrected chi connectivity index (χ2v) is 3.11. The van der Waals surface area contributed by atoms with Gasteiger partial charge in [0.1, 0.15) is 11.6 Å². The van der Waals surface area contributed by atoms with Crippen molar-refractivity contribution in [3.63, 3.8) is 0 Å². The van der Waals surface area contributed by atoms with E-state index in [4.69, 9.17) is 0 Å². The lowest BCUT2D eigenvalue weighted by Crippen LogP contribution is -2.37. The number of nitrogens with two attached hydrogens (primary N) is 1. The smallest absolute Gasteiger partial charge is 0.309 e. The van der Waals surface area contributed by atoms with E-state index in [-0.39, 0.29) is 18.5 Å². The van der Waals surface area contributed by atoms with Gasteiger partial charge in [0.25, 0.3) is 0 Å². The molecule has 6 heteroatoms. The van der Waals surface area contributed by atoms with Gasteiger partial charge in [-0.1, -0.05) is 0 Å². The number of hydrogen-bond donors (Lipinski definition) is 2. The van der Waals surface area contributed by atoms with Crippen molar-refractivity contribution in [3.05, 3.63) is 35.4 Å². The Kier molecular flexibility index (Phi) is 3.93. The van der Waals surface area contributed by atoms with Crippen LogP contribution in [-0.4, -0.2) is 18.4 Å². The summed E-state index contributed by atoms with van der Waals surface area (Å²) in [5.74, 6) is -3.18. The molecule has 0 saturated heterocycles. The SMILES string of the molecule is NC(=O)C(=O)NCCc1cc(F)ccc1F. The average Bonchev–Trinajstić information content (AvgIpc) is 2.22. The number of amides is 2. The van der Waals surface area contributed by atoms with Gasteiger partial charge < -0.3 is 11.1 Å². The molecule has 1 rings (SSSR count). The number of nitrogens with one attached hydrogen (secondary N) is 1. The van der Waals surface area contributed by atoms with Crippen molar-refractivity contribution in [2.75, 3.05) is 6.54 Å². The minimum absolute atomic E-state index is 0.0160. The highest BCUT2D eigenvalue weighted by atomic mass is 19.1. The van der Waals surface area contributed by atoms with Gasteiger partial charge in [-0.15, -0.1) is 0 Å². The average molecular weight is 228 g/mol. The largest absolute Gasteiger partial charge is 0.361 e. The minimum atomic E-state index is -1.11. The van der Waals surface area contributed by atoms with Gasteiger partial charge in [0, 0.05) is 6.54 Å². The molecule has 0 bridgehead atoms. The van der Waals surface area contributed by atoms with Crippen LogP contribution in [0.2, 0.25) is 0 Å². The summed E-state index contributed by atoms with van der Waals surface area (Å²) in [4.78, 5) is 21.1. The van der Waals surface area contributed by atoms with Crippen LogP contribution in [0.15, 0.2) is 18.2 Å². The fourth-order valence-corrected chi connectivity index (χ4v) is 1.13. The van der Waals surface area contributed by atoms with Gasteiger partial charge in [-0.3, -0.25) is 9.59 Å². The van der Waals surface area contributed by atoms with E-state index in [2.05, 4.69) is 11.1 Å². The Balaban J connectivity index is 2.52. The highest BCUT2D eigenvalue weighted by Crippen LogP contribution is 2.09. The predicted molar refractivity (Wildman–Crippen MR) is 52.3 cm³/mol. The zero-order valence-corrected chi connectivity index (χ0v) is 8.30. The summed E-state index contributed by atoms with van der Waals surface area (Å²) in [5, 5.41) is 2.17. The molecule has 0 fully saturated rings. The number of primary amides is 1. The molecule has 0 unspecified atom stereocenters. The number of carbonyl (C=O) groups is 2. The van der Waals surface area contributed by atoms with Crippen LogP contribution >= 0.6 is 0 Å². The molecule has 0 heterocycles. The Morgan fingerprint density at radius 1 is 1.31 bits per heavy atom. The molecule has 1 aromatic carbocycles. The summed E-state index contributed by atoms with van der Waals surface area (Å²) in [6, 6.07) is 3.03. The lowest BCUT2D eigenvalue weighted by Gasteiger charge is -2.04. The minimum Gasteiger partial charge on any atom is -0.361 e. The highest BCUT2D eigenvalue weighted by molar-refractivity contribution is 6.34. The summed E-state index contributed by atoms with van der Waals surface area (Å²) >= 11 is 0. The van der Waals surface area contributed by atoms with Crippen LogP contribution in [0, 0.1) is 11.6 Å². The van der Waals surface area contributed by atoms with Gasteiger partial charge in [0.15, 0.2) is 0 Å². The molecule has 16 heavy (non-hydrogen) atoms. The summed E-state index contributed by atoms with van der Waals surface area (Å²) in [5.41, 5.74) is 4.81. The summed E-state index contributed by atoms with van der Waals surface area (Å²) < 4.78 is 25.8. The normalized spacial score (nSPS) is 9.88. The monoisotopic (exact) mass is 228 g/mol. The maximum Gasteiger partial charge on any atom is 0.309 e. The van der Waals surface area contributed by atoms with Crippen LogP contribution in [-0.2, 0) is 16.0 Å². The van der Waals surface area contributed by atoms with Crippen LogP contribution in [0.25, 0.3) is 0 Å². The molecule has 3 N–H and O–H groups in total. The first-order valence-electron chi connectivity index (χ1n) is 4.52. The number of carbonyl (C=O) groups excluding carboxylic acids is 2. The van der Waals surface area contributed by atoms with Crippen molar-refractivity contribution in [1.29, 1.82) is 0 Å². The second-order valence-electron chi connectivity index (χ2n) is 3.11. The molecular weight excluding hydrogens is 218 g/mol. The second kappa shape index (κ2) is 5.20. The van der Waals surface area contributed by atoms with Gasteiger partial charge >= 0.3 is 11.8 Å². The number of hydrogen-bond acceptors (Lipinski definition) is 2.